The van der Waals surface area contributed by atoms with E-state index >= 15 is 0 Å². The van der Waals surface area contributed by atoms with E-state index in [9.17, 15) is 23.1 Å². The van der Waals surface area contributed by atoms with Crippen molar-refractivity contribution in [2.45, 2.75) is 19.2 Å². The lowest BCUT2D eigenvalue weighted by Gasteiger charge is -2.09. The fourth-order valence-electron chi connectivity index (χ4n) is 1.09. The van der Waals surface area contributed by atoms with Gasteiger partial charge in [-0.25, -0.2) is 0 Å². The summed E-state index contributed by atoms with van der Waals surface area (Å²) >= 11 is 0. The first kappa shape index (κ1) is 11.7. The number of carbonyl (C=O) groups is 1. The van der Waals surface area contributed by atoms with Crippen LogP contribution in [0.1, 0.15) is 24.2 Å². The van der Waals surface area contributed by atoms with Crippen molar-refractivity contribution in [1.29, 1.82) is 0 Å². The van der Waals surface area contributed by atoms with Crippen molar-refractivity contribution >= 4 is 5.78 Å². The second-order valence-electron chi connectivity index (χ2n) is 3.13. The van der Waals surface area contributed by atoms with Gasteiger partial charge in [-0.05, 0) is 24.6 Å². The number of aliphatic hydroxyl groups is 1. The van der Waals surface area contributed by atoms with Gasteiger partial charge >= 0.3 is 6.18 Å². The van der Waals surface area contributed by atoms with Gasteiger partial charge in [-0.15, -0.1) is 0 Å². The largest absolute Gasteiger partial charge is 0.416 e. The van der Waals surface area contributed by atoms with E-state index in [1.54, 1.807) is 0 Å². The fourth-order valence-corrected chi connectivity index (χ4v) is 1.09. The lowest BCUT2D eigenvalue weighted by molar-refractivity contribution is -0.137. The third-order valence-electron chi connectivity index (χ3n) is 1.94. The highest BCUT2D eigenvalue weighted by Gasteiger charge is 2.30. The molecule has 0 aromatic heterocycles. The molecule has 0 saturated carbocycles. The number of halogens is 3. The molecule has 1 aromatic carbocycles. The monoisotopic (exact) mass is 218 g/mol. The topological polar surface area (TPSA) is 37.3 Å². The molecule has 0 aliphatic rings. The van der Waals surface area contributed by atoms with Crippen LogP contribution in [0.3, 0.4) is 0 Å². The molecule has 5 heteroatoms. The van der Waals surface area contributed by atoms with Crippen LogP contribution in [0.25, 0.3) is 0 Å². The number of Topliss-reactive ketones (excluding diaryl/α,β-unsaturated/α-hetero) is 1. The molecule has 0 bridgehead atoms. The molecule has 1 N–H and O–H groups in total. The van der Waals surface area contributed by atoms with Gasteiger partial charge in [0.2, 0.25) is 0 Å². The van der Waals surface area contributed by atoms with E-state index in [1.165, 1.54) is 6.92 Å². The number of benzene rings is 1. The molecule has 1 rings (SSSR count). The van der Waals surface area contributed by atoms with E-state index in [2.05, 4.69) is 0 Å². The summed E-state index contributed by atoms with van der Waals surface area (Å²) in [4.78, 5) is 10.8. The van der Waals surface area contributed by atoms with E-state index < -0.39 is 23.6 Å². The zero-order valence-electron chi connectivity index (χ0n) is 7.88. The highest BCUT2D eigenvalue weighted by molar-refractivity contribution is 5.81. The maximum Gasteiger partial charge on any atom is 0.416 e. The minimum Gasteiger partial charge on any atom is -0.381 e. The van der Waals surface area contributed by atoms with Crippen molar-refractivity contribution in [1.82, 2.24) is 0 Å². The van der Waals surface area contributed by atoms with Gasteiger partial charge in [0.25, 0.3) is 0 Å². The van der Waals surface area contributed by atoms with E-state index in [0.29, 0.717) is 0 Å². The van der Waals surface area contributed by atoms with E-state index in [0.717, 1.165) is 24.3 Å². The summed E-state index contributed by atoms with van der Waals surface area (Å²) in [6.45, 7) is 1.17. The van der Waals surface area contributed by atoms with Gasteiger partial charge in [0.15, 0.2) is 5.78 Å². The summed E-state index contributed by atoms with van der Waals surface area (Å²) in [6.07, 6.45) is -5.76. The minimum atomic E-state index is -4.40. The molecule has 0 radical (unpaired) electrons. The lowest BCUT2D eigenvalue weighted by atomic mass is 10.0. The number of alkyl halides is 3. The second kappa shape index (κ2) is 4.02. The van der Waals surface area contributed by atoms with Crippen LogP contribution in [0.2, 0.25) is 0 Å². The first-order chi connectivity index (χ1) is 6.82. The van der Waals surface area contributed by atoms with E-state index in [1.807, 2.05) is 0 Å². The Balaban J connectivity index is 2.95. The SMILES string of the molecule is CC(=O)C(O)c1ccc(C(F)(F)F)cc1. The average molecular weight is 218 g/mol. The molecule has 15 heavy (non-hydrogen) atoms. The minimum absolute atomic E-state index is 0.163. The van der Waals surface area contributed by atoms with Crippen LogP contribution in [0.15, 0.2) is 24.3 Å². The Bertz CT molecular complexity index is 354. The zero-order valence-corrected chi connectivity index (χ0v) is 7.88. The van der Waals surface area contributed by atoms with Crippen LogP contribution in [-0.2, 0) is 11.0 Å². The molecule has 0 heterocycles. The standard InChI is InChI=1S/C10H9F3O2/c1-6(14)9(15)7-2-4-8(5-3-7)10(11,12)13/h2-5,9,15H,1H3. The zero-order chi connectivity index (χ0) is 11.6. The predicted molar refractivity (Wildman–Crippen MR) is 47.1 cm³/mol. The summed E-state index contributed by atoms with van der Waals surface area (Å²) in [5.41, 5.74) is -0.641. The normalized spacial score (nSPS) is 13.7. The molecule has 0 saturated heterocycles. The van der Waals surface area contributed by atoms with Crippen LogP contribution >= 0.6 is 0 Å². The molecule has 1 aromatic rings. The highest BCUT2D eigenvalue weighted by atomic mass is 19.4. The van der Waals surface area contributed by atoms with Crippen molar-refractivity contribution < 1.29 is 23.1 Å². The van der Waals surface area contributed by atoms with Gasteiger partial charge in [-0.2, -0.15) is 13.2 Å². The summed E-state index contributed by atoms with van der Waals surface area (Å²) in [7, 11) is 0. The van der Waals surface area contributed by atoms with E-state index in [4.69, 9.17) is 0 Å². The number of carbonyl (C=O) groups excluding carboxylic acids is 1. The Morgan fingerprint density at radius 2 is 1.73 bits per heavy atom. The van der Waals surface area contributed by atoms with Crippen LogP contribution in [0, 0.1) is 0 Å². The third kappa shape index (κ3) is 2.79. The van der Waals surface area contributed by atoms with Crippen LogP contribution < -0.4 is 0 Å². The Labute approximate surface area is 84.3 Å². The molecule has 0 aliphatic heterocycles. The van der Waals surface area contributed by atoms with Gasteiger partial charge in [0.1, 0.15) is 6.10 Å². The third-order valence-corrected chi connectivity index (χ3v) is 1.94. The molecule has 0 spiro atoms. The lowest BCUT2D eigenvalue weighted by Crippen LogP contribution is -2.09. The predicted octanol–water partition coefficient (Wildman–Crippen LogP) is 2.33. The van der Waals surface area contributed by atoms with Gasteiger partial charge < -0.3 is 5.11 Å². The van der Waals surface area contributed by atoms with Gasteiger partial charge in [0.05, 0.1) is 5.56 Å². The molecule has 1 atom stereocenters. The number of ketones is 1. The highest BCUT2D eigenvalue weighted by Crippen LogP contribution is 2.29. The van der Waals surface area contributed by atoms with E-state index in [-0.39, 0.29) is 5.56 Å². The molecular formula is C10H9F3O2. The summed E-state index contributed by atoms with van der Waals surface area (Å²) < 4.78 is 36.4. The van der Waals surface area contributed by atoms with Crippen molar-refractivity contribution in [2.75, 3.05) is 0 Å². The molecular weight excluding hydrogens is 209 g/mol. The molecule has 0 aliphatic carbocycles. The maximum atomic E-state index is 12.1. The smallest absolute Gasteiger partial charge is 0.381 e. The summed E-state index contributed by atoms with van der Waals surface area (Å²) in [6, 6.07) is 3.85. The van der Waals surface area contributed by atoms with Crippen LogP contribution in [0.5, 0.6) is 0 Å². The quantitative estimate of drug-likeness (QED) is 0.827. The van der Waals surface area contributed by atoms with Crippen molar-refractivity contribution in [2.24, 2.45) is 0 Å². The first-order valence-electron chi connectivity index (χ1n) is 4.18. The number of hydrogen-bond acceptors (Lipinski definition) is 2. The first-order valence-corrected chi connectivity index (χ1v) is 4.18. The van der Waals surface area contributed by atoms with Gasteiger partial charge in [0, 0.05) is 0 Å². The Morgan fingerprint density at radius 3 is 2.07 bits per heavy atom. The molecule has 1 unspecified atom stereocenters. The van der Waals surface area contributed by atoms with Crippen molar-refractivity contribution in [3.8, 4) is 0 Å². The second-order valence-corrected chi connectivity index (χ2v) is 3.13. The van der Waals surface area contributed by atoms with Crippen molar-refractivity contribution in [3.63, 3.8) is 0 Å². The Hall–Kier alpha value is -1.36. The fraction of sp³-hybridized carbons (Fsp3) is 0.300. The molecule has 0 amide bonds. The van der Waals surface area contributed by atoms with Gasteiger partial charge in [-0.3, -0.25) is 4.79 Å². The Kier molecular flexibility index (Phi) is 3.14. The number of aliphatic hydroxyl groups excluding tert-OH is 1. The molecule has 2 nitrogen and oxygen atoms in total. The number of rotatable bonds is 2. The van der Waals surface area contributed by atoms with Gasteiger partial charge in [-0.1, -0.05) is 12.1 Å². The molecule has 0 fully saturated rings. The summed E-state index contributed by atoms with van der Waals surface area (Å²) in [5.74, 6) is -0.505. The number of hydrogen-bond donors (Lipinski definition) is 1. The maximum absolute atomic E-state index is 12.1. The Morgan fingerprint density at radius 1 is 1.27 bits per heavy atom. The van der Waals surface area contributed by atoms with Crippen LogP contribution in [-0.4, -0.2) is 10.9 Å². The van der Waals surface area contributed by atoms with Crippen molar-refractivity contribution in [3.05, 3.63) is 35.4 Å². The van der Waals surface area contributed by atoms with Crippen LogP contribution in [0.4, 0.5) is 13.2 Å². The summed E-state index contributed by atoms with van der Waals surface area (Å²) in [5, 5.41) is 9.26. The molecule has 82 valence electrons. The average Bonchev–Trinajstić information content (AvgIpc) is 2.15.